The minimum absolute atomic E-state index is 0.0163. The van der Waals surface area contributed by atoms with Gasteiger partial charge in [-0.3, -0.25) is 4.79 Å². The first kappa shape index (κ1) is 15.2. The quantitative estimate of drug-likeness (QED) is 0.765. The van der Waals surface area contributed by atoms with Gasteiger partial charge in [0.05, 0.1) is 18.2 Å². The summed E-state index contributed by atoms with van der Waals surface area (Å²) in [6, 6.07) is 0.104. The van der Waals surface area contributed by atoms with Crippen molar-refractivity contribution in [3.05, 3.63) is 11.6 Å². The second-order valence-corrected chi connectivity index (χ2v) is 5.46. The largest absolute Gasteiger partial charge is 0.369 e. The SMILES string of the molecule is CCC(CC)O[C@@H]1C=C(C)C[C@H](C)[C@H]1NC(C)=O. The normalized spacial score (nSPS) is 28.1. The van der Waals surface area contributed by atoms with Crippen molar-refractivity contribution in [1.29, 1.82) is 0 Å². The lowest BCUT2D eigenvalue weighted by Crippen LogP contribution is -2.49. The first-order valence-electron chi connectivity index (χ1n) is 7.07. The van der Waals surface area contributed by atoms with Crippen molar-refractivity contribution in [2.75, 3.05) is 0 Å². The van der Waals surface area contributed by atoms with Gasteiger partial charge in [0.25, 0.3) is 0 Å². The highest BCUT2D eigenvalue weighted by Crippen LogP contribution is 2.27. The fourth-order valence-corrected chi connectivity index (χ4v) is 2.70. The third-order valence-corrected chi connectivity index (χ3v) is 3.69. The lowest BCUT2D eigenvalue weighted by molar-refractivity contribution is -0.122. The first-order valence-corrected chi connectivity index (χ1v) is 7.07. The van der Waals surface area contributed by atoms with Crippen LogP contribution in [0.2, 0.25) is 0 Å². The Bertz CT molecular complexity index is 308. The molecule has 0 saturated heterocycles. The van der Waals surface area contributed by atoms with Crippen LogP contribution in [0.3, 0.4) is 0 Å². The van der Waals surface area contributed by atoms with Gasteiger partial charge in [0.15, 0.2) is 0 Å². The van der Waals surface area contributed by atoms with E-state index in [9.17, 15) is 4.79 Å². The number of rotatable bonds is 5. The van der Waals surface area contributed by atoms with E-state index >= 15 is 0 Å². The van der Waals surface area contributed by atoms with Crippen LogP contribution in [-0.4, -0.2) is 24.2 Å². The van der Waals surface area contributed by atoms with E-state index in [0.717, 1.165) is 19.3 Å². The van der Waals surface area contributed by atoms with Crippen LogP contribution in [0, 0.1) is 5.92 Å². The molecule has 3 heteroatoms. The monoisotopic (exact) mass is 253 g/mol. The van der Waals surface area contributed by atoms with E-state index in [0.29, 0.717) is 5.92 Å². The van der Waals surface area contributed by atoms with Gasteiger partial charge in [0.1, 0.15) is 0 Å². The molecule has 1 amide bonds. The molecule has 0 saturated carbocycles. The third-order valence-electron chi connectivity index (χ3n) is 3.69. The summed E-state index contributed by atoms with van der Waals surface area (Å²) in [5, 5.41) is 3.05. The van der Waals surface area contributed by atoms with Gasteiger partial charge in [-0.2, -0.15) is 0 Å². The molecule has 0 aliphatic heterocycles. The van der Waals surface area contributed by atoms with Crippen LogP contribution in [0.1, 0.15) is 53.9 Å². The maximum absolute atomic E-state index is 11.3. The third kappa shape index (κ3) is 4.13. The molecule has 1 aliphatic carbocycles. The van der Waals surface area contributed by atoms with Crippen LogP contribution in [0.5, 0.6) is 0 Å². The minimum Gasteiger partial charge on any atom is -0.369 e. The molecule has 0 unspecified atom stereocenters. The van der Waals surface area contributed by atoms with Crippen LogP contribution < -0.4 is 5.32 Å². The zero-order chi connectivity index (χ0) is 13.7. The number of hydrogen-bond acceptors (Lipinski definition) is 2. The topological polar surface area (TPSA) is 38.3 Å². The van der Waals surface area contributed by atoms with Crippen LogP contribution in [0.25, 0.3) is 0 Å². The summed E-state index contributed by atoms with van der Waals surface area (Å²) < 4.78 is 6.15. The molecule has 0 aromatic carbocycles. The molecule has 0 spiro atoms. The average molecular weight is 253 g/mol. The van der Waals surface area contributed by atoms with Crippen LogP contribution >= 0.6 is 0 Å². The molecule has 1 N–H and O–H groups in total. The van der Waals surface area contributed by atoms with E-state index in [1.54, 1.807) is 6.92 Å². The molecule has 0 aromatic rings. The number of carbonyl (C=O) groups is 1. The van der Waals surface area contributed by atoms with Crippen LogP contribution in [0.15, 0.2) is 11.6 Å². The van der Waals surface area contributed by atoms with Crippen molar-refractivity contribution < 1.29 is 9.53 Å². The number of ether oxygens (including phenoxy) is 1. The van der Waals surface area contributed by atoms with E-state index in [4.69, 9.17) is 4.74 Å². The summed E-state index contributed by atoms with van der Waals surface area (Å²) in [5.74, 6) is 0.455. The first-order chi connectivity index (χ1) is 8.47. The summed E-state index contributed by atoms with van der Waals surface area (Å²) >= 11 is 0. The fraction of sp³-hybridized carbons (Fsp3) is 0.800. The summed E-state index contributed by atoms with van der Waals surface area (Å²) in [6.45, 7) is 10.2. The van der Waals surface area contributed by atoms with E-state index in [1.165, 1.54) is 5.57 Å². The average Bonchev–Trinajstić information content (AvgIpc) is 2.29. The van der Waals surface area contributed by atoms with Gasteiger partial charge < -0.3 is 10.1 Å². The summed E-state index contributed by atoms with van der Waals surface area (Å²) in [4.78, 5) is 11.3. The number of nitrogens with one attached hydrogen (secondary N) is 1. The smallest absolute Gasteiger partial charge is 0.217 e. The molecule has 18 heavy (non-hydrogen) atoms. The standard InChI is InChI=1S/C15H27NO2/c1-6-13(7-2)18-14-9-10(3)8-11(4)15(14)16-12(5)17/h9,11,13-15H,6-8H2,1-5H3,(H,16,17)/t11-,14+,15+/m0/s1. The van der Waals surface area contributed by atoms with Crippen molar-refractivity contribution in [3.8, 4) is 0 Å². The second kappa shape index (κ2) is 6.93. The van der Waals surface area contributed by atoms with Gasteiger partial charge in [-0.25, -0.2) is 0 Å². The molecule has 3 nitrogen and oxygen atoms in total. The van der Waals surface area contributed by atoms with E-state index in [2.05, 4.69) is 39.1 Å². The number of hydrogen-bond donors (Lipinski definition) is 1. The maximum atomic E-state index is 11.3. The van der Waals surface area contributed by atoms with Gasteiger partial charge in [0.2, 0.25) is 5.91 Å². The Labute approximate surface area is 111 Å². The molecular formula is C15H27NO2. The zero-order valence-electron chi connectivity index (χ0n) is 12.3. The van der Waals surface area contributed by atoms with Crippen molar-refractivity contribution in [1.82, 2.24) is 5.32 Å². The predicted molar refractivity (Wildman–Crippen MR) is 74.4 cm³/mol. The molecule has 0 heterocycles. The van der Waals surface area contributed by atoms with Gasteiger partial charge in [-0.1, -0.05) is 32.4 Å². The van der Waals surface area contributed by atoms with Crippen molar-refractivity contribution in [2.45, 2.75) is 72.1 Å². The zero-order valence-corrected chi connectivity index (χ0v) is 12.3. The molecule has 0 bridgehead atoms. The Hall–Kier alpha value is -0.830. The Morgan fingerprint density at radius 2 is 2.11 bits per heavy atom. The van der Waals surface area contributed by atoms with Crippen LogP contribution in [-0.2, 0) is 9.53 Å². The number of carbonyl (C=O) groups excluding carboxylic acids is 1. The molecular weight excluding hydrogens is 226 g/mol. The Kier molecular flexibility index (Phi) is 5.86. The molecule has 0 aromatic heterocycles. The molecule has 0 radical (unpaired) electrons. The highest BCUT2D eigenvalue weighted by atomic mass is 16.5. The summed E-state index contributed by atoms with van der Waals surface area (Å²) in [7, 11) is 0. The van der Waals surface area contributed by atoms with Gasteiger partial charge in [0, 0.05) is 6.92 Å². The van der Waals surface area contributed by atoms with Gasteiger partial charge in [-0.15, -0.1) is 0 Å². The Morgan fingerprint density at radius 3 is 2.61 bits per heavy atom. The van der Waals surface area contributed by atoms with Gasteiger partial charge in [-0.05, 0) is 32.1 Å². The van der Waals surface area contributed by atoms with Crippen molar-refractivity contribution in [2.24, 2.45) is 5.92 Å². The van der Waals surface area contributed by atoms with Crippen molar-refractivity contribution >= 4 is 5.91 Å². The highest BCUT2D eigenvalue weighted by molar-refractivity contribution is 5.73. The second-order valence-electron chi connectivity index (χ2n) is 5.46. The summed E-state index contributed by atoms with van der Waals surface area (Å²) in [6.07, 6.45) is 5.54. The van der Waals surface area contributed by atoms with E-state index in [-0.39, 0.29) is 24.2 Å². The molecule has 104 valence electrons. The van der Waals surface area contributed by atoms with Crippen molar-refractivity contribution in [3.63, 3.8) is 0 Å². The maximum Gasteiger partial charge on any atom is 0.217 e. The van der Waals surface area contributed by atoms with Crippen LogP contribution in [0.4, 0.5) is 0 Å². The molecule has 1 rings (SSSR count). The molecule has 0 fully saturated rings. The Balaban J connectivity index is 2.79. The lowest BCUT2D eigenvalue weighted by atomic mass is 9.84. The van der Waals surface area contributed by atoms with E-state index < -0.39 is 0 Å². The summed E-state index contributed by atoms with van der Waals surface area (Å²) in [5.41, 5.74) is 1.36. The highest BCUT2D eigenvalue weighted by Gasteiger charge is 2.32. The lowest BCUT2D eigenvalue weighted by Gasteiger charge is -2.36. The molecule has 1 aliphatic rings. The predicted octanol–water partition coefficient (Wildman–Crippen LogP) is 3.05. The minimum atomic E-state index is 0.0163. The Morgan fingerprint density at radius 1 is 1.50 bits per heavy atom. The molecule has 3 atom stereocenters. The fourth-order valence-electron chi connectivity index (χ4n) is 2.70. The number of amides is 1. The van der Waals surface area contributed by atoms with E-state index in [1.807, 2.05) is 0 Å². The van der Waals surface area contributed by atoms with Gasteiger partial charge >= 0.3 is 0 Å². The number of allylic oxidation sites excluding steroid dienone is 1.